The van der Waals surface area contributed by atoms with E-state index in [1.165, 1.54) is 11.4 Å². The number of nitrogens with zero attached hydrogens (tertiary/aromatic N) is 1. The zero-order valence-corrected chi connectivity index (χ0v) is 16.7. The Kier molecular flexibility index (Phi) is 7.24. The number of hydrogen-bond donors (Lipinski definition) is 1. The molecule has 0 spiro atoms. The van der Waals surface area contributed by atoms with Crippen LogP contribution in [0, 0.1) is 0 Å². The fourth-order valence-electron chi connectivity index (χ4n) is 2.61. The third kappa shape index (κ3) is 5.72. The number of sulfonamides is 1. The van der Waals surface area contributed by atoms with Gasteiger partial charge >= 0.3 is 0 Å². The summed E-state index contributed by atoms with van der Waals surface area (Å²) >= 11 is 0. The minimum atomic E-state index is -3.62. The molecule has 2 aromatic carbocycles. The zero-order chi connectivity index (χ0) is 19.9. The van der Waals surface area contributed by atoms with Crippen LogP contribution in [-0.4, -0.2) is 34.0 Å². The van der Waals surface area contributed by atoms with Crippen LogP contribution in [0.1, 0.15) is 26.7 Å². The fourth-order valence-corrected chi connectivity index (χ4v) is 3.83. The van der Waals surface area contributed by atoms with Gasteiger partial charge in [-0.1, -0.05) is 31.5 Å². The van der Waals surface area contributed by atoms with Crippen LogP contribution in [0.4, 0.5) is 5.69 Å². The van der Waals surface area contributed by atoms with E-state index in [2.05, 4.69) is 12.2 Å². The van der Waals surface area contributed by atoms with Crippen LogP contribution in [0.3, 0.4) is 0 Å². The van der Waals surface area contributed by atoms with Crippen LogP contribution in [0.15, 0.2) is 59.5 Å². The van der Waals surface area contributed by atoms with Crippen LogP contribution in [-0.2, 0) is 14.8 Å². The van der Waals surface area contributed by atoms with Crippen molar-refractivity contribution in [2.24, 2.45) is 0 Å². The largest absolute Gasteiger partial charge is 0.484 e. The number of rotatable bonds is 9. The van der Waals surface area contributed by atoms with Gasteiger partial charge in [-0.25, -0.2) is 8.42 Å². The highest BCUT2D eigenvalue weighted by atomic mass is 32.2. The molecule has 0 saturated heterocycles. The number of ether oxygens (including phenoxy) is 1. The van der Waals surface area contributed by atoms with E-state index < -0.39 is 10.0 Å². The molecule has 0 fully saturated rings. The van der Waals surface area contributed by atoms with Gasteiger partial charge in [-0.2, -0.15) is 0 Å². The van der Waals surface area contributed by atoms with Gasteiger partial charge in [-0.15, -0.1) is 0 Å². The summed E-state index contributed by atoms with van der Waals surface area (Å²) in [6, 6.07) is 15.0. The molecule has 27 heavy (non-hydrogen) atoms. The average Bonchev–Trinajstić information content (AvgIpc) is 2.67. The highest BCUT2D eigenvalue weighted by molar-refractivity contribution is 7.92. The second-order valence-corrected chi connectivity index (χ2v) is 8.29. The van der Waals surface area contributed by atoms with Crippen molar-refractivity contribution in [3.8, 4) is 5.75 Å². The van der Waals surface area contributed by atoms with Gasteiger partial charge in [0, 0.05) is 13.1 Å². The van der Waals surface area contributed by atoms with Crippen LogP contribution >= 0.6 is 0 Å². The number of nitrogens with one attached hydrogen (secondary N) is 1. The summed E-state index contributed by atoms with van der Waals surface area (Å²) in [6.45, 7) is 3.94. The van der Waals surface area contributed by atoms with Crippen molar-refractivity contribution in [2.75, 3.05) is 18.0 Å². The highest BCUT2D eigenvalue weighted by Crippen LogP contribution is 2.24. The lowest BCUT2D eigenvalue weighted by atomic mass is 10.2. The molecule has 1 amide bonds. The molecule has 146 valence electrons. The molecular formula is C20H26N2O4S. The summed E-state index contributed by atoms with van der Waals surface area (Å²) in [5.41, 5.74) is 0.507. The van der Waals surface area contributed by atoms with Gasteiger partial charge in [0.1, 0.15) is 5.75 Å². The van der Waals surface area contributed by atoms with Gasteiger partial charge in [-0.3, -0.25) is 9.10 Å². The van der Waals surface area contributed by atoms with E-state index in [9.17, 15) is 13.2 Å². The quantitative estimate of drug-likeness (QED) is 0.713. The molecule has 0 unspecified atom stereocenters. The van der Waals surface area contributed by atoms with Crippen LogP contribution < -0.4 is 14.4 Å². The molecule has 0 aliphatic heterocycles. The average molecular weight is 391 g/mol. The van der Waals surface area contributed by atoms with E-state index in [1.807, 2.05) is 6.92 Å². The molecule has 0 aliphatic rings. The van der Waals surface area contributed by atoms with Gasteiger partial charge in [0.25, 0.3) is 15.9 Å². The predicted octanol–water partition coefficient (Wildman–Crippen LogP) is 3.20. The van der Waals surface area contributed by atoms with Gasteiger partial charge in [0.05, 0.1) is 10.6 Å². The zero-order valence-electron chi connectivity index (χ0n) is 15.9. The van der Waals surface area contributed by atoms with Gasteiger partial charge in [-0.05, 0) is 49.7 Å². The Hall–Kier alpha value is -2.54. The maximum atomic E-state index is 12.6. The Labute approximate surface area is 161 Å². The lowest BCUT2D eigenvalue weighted by Gasteiger charge is -2.20. The summed E-state index contributed by atoms with van der Waals surface area (Å²) in [5, 5.41) is 2.87. The summed E-state index contributed by atoms with van der Waals surface area (Å²) in [4.78, 5) is 12.1. The molecule has 7 heteroatoms. The Morgan fingerprint density at radius 2 is 1.74 bits per heavy atom. The summed E-state index contributed by atoms with van der Waals surface area (Å²) < 4.78 is 31.9. The lowest BCUT2D eigenvalue weighted by Crippen LogP contribution is -2.35. The predicted molar refractivity (Wildman–Crippen MR) is 106 cm³/mol. The standard InChI is InChI=1S/C20H26N2O4S/c1-4-8-16(2)21-20(23)15-26-18-13-11-17(12-14-18)22(3)27(24,25)19-9-6-5-7-10-19/h5-7,9-14,16H,4,8,15H2,1-3H3,(H,21,23)/t16-/m1/s1. The second-order valence-electron chi connectivity index (χ2n) is 6.33. The van der Waals surface area contributed by atoms with Crippen molar-refractivity contribution < 1.29 is 17.9 Å². The number of anilines is 1. The van der Waals surface area contributed by atoms with Crippen LogP contribution in [0.5, 0.6) is 5.75 Å². The molecule has 0 saturated carbocycles. The first-order valence-electron chi connectivity index (χ1n) is 8.90. The first-order valence-corrected chi connectivity index (χ1v) is 10.3. The molecule has 0 heterocycles. The molecule has 1 atom stereocenters. The molecule has 1 N–H and O–H groups in total. The molecule has 0 aliphatic carbocycles. The van der Waals surface area contributed by atoms with E-state index in [-0.39, 0.29) is 23.5 Å². The van der Waals surface area contributed by atoms with Crippen LogP contribution in [0.25, 0.3) is 0 Å². The number of carbonyl (C=O) groups excluding carboxylic acids is 1. The van der Waals surface area contributed by atoms with Crippen molar-refractivity contribution in [3.63, 3.8) is 0 Å². The first-order chi connectivity index (χ1) is 12.8. The number of amides is 1. The normalized spacial score (nSPS) is 12.3. The Bertz CT molecular complexity index is 836. The smallest absolute Gasteiger partial charge is 0.264 e. The first kappa shape index (κ1) is 20.8. The number of benzene rings is 2. The van der Waals surface area contributed by atoms with Crippen LogP contribution in [0.2, 0.25) is 0 Å². The molecule has 6 nitrogen and oxygen atoms in total. The Balaban J connectivity index is 1.97. The van der Waals surface area contributed by atoms with Crippen molar-refractivity contribution in [2.45, 2.75) is 37.6 Å². The second kappa shape index (κ2) is 9.41. The fraction of sp³-hybridized carbons (Fsp3) is 0.350. The van der Waals surface area contributed by atoms with E-state index >= 15 is 0 Å². The maximum absolute atomic E-state index is 12.6. The van der Waals surface area contributed by atoms with Gasteiger partial charge < -0.3 is 10.1 Å². The van der Waals surface area contributed by atoms with Crippen molar-refractivity contribution in [1.82, 2.24) is 5.32 Å². The monoisotopic (exact) mass is 390 g/mol. The minimum absolute atomic E-state index is 0.0778. The minimum Gasteiger partial charge on any atom is -0.484 e. The van der Waals surface area contributed by atoms with Crippen molar-refractivity contribution >= 4 is 21.6 Å². The summed E-state index contributed by atoms with van der Waals surface area (Å²) in [7, 11) is -2.12. The van der Waals surface area contributed by atoms with Crippen molar-refractivity contribution in [3.05, 3.63) is 54.6 Å². The van der Waals surface area contributed by atoms with E-state index in [0.29, 0.717) is 11.4 Å². The summed E-state index contributed by atoms with van der Waals surface area (Å²) in [6.07, 6.45) is 1.92. The third-order valence-electron chi connectivity index (χ3n) is 4.10. The lowest BCUT2D eigenvalue weighted by molar-refractivity contribution is -0.123. The highest BCUT2D eigenvalue weighted by Gasteiger charge is 2.20. The SMILES string of the molecule is CCC[C@@H](C)NC(=O)COc1ccc(N(C)S(=O)(=O)c2ccccc2)cc1. The maximum Gasteiger partial charge on any atom is 0.264 e. The van der Waals surface area contributed by atoms with E-state index in [1.54, 1.807) is 54.6 Å². The number of carbonyl (C=O) groups is 1. The van der Waals surface area contributed by atoms with Gasteiger partial charge in [0.15, 0.2) is 6.61 Å². The number of hydrogen-bond acceptors (Lipinski definition) is 4. The van der Waals surface area contributed by atoms with Gasteiger partial charge in [0.2, 0.25) is 0 Å². The Morgan fingerprint density at radius 3 is 2.33 bits per heavy atom. The molecule has 0 aromatic heterocycles. The molecule has 0 radical (unpaired) electrons. The molecular weight excluding hydrogens is 364 g/mol. The Morgan fingerprint density at radius 1 is 1.11 bits per heavy atom. The molecule has 2 aromatic rings. The molecule has 2 rings (SSSR count). The third-order valence-corrected chi connectivity index (χ3v) is 5.90. The van der Waals surface area contributed by atoms with E-state index in [4.69, 9.17) is 4.74 Å². The topological polar surface area (TPSA) is 75.7 Å². The van der Waals surface area contributed by atoms with Crippen molar-refractivity contribution in [1.29, 1.82) is 0 Å². The summed E-state index contributed by atoms with van der Waals surface area (Å²) in [5.74, 6) is 0.325. The van der Waals surface area contributed by atoms with E-state index in [0.717, 1.165) is 12.8 Å². The molecule has 0 bridgehead atoms.